The first-order valence-electron chi connectivity index (χ1n) is 14.9. The number of pyridine rings is 1. The van der Waals surface area contributed by atoms with Crippen LogP contribution in [0, 0.1) is 0 Å². The molecule has 0 atom stereocenters. The smallest absolute Gasteiger partial charge is 0.227 e. The Hall–Kier alpha value is -6.20. The van der Waals surface area contributed by atoms with Gasteiger partial charge in [-0.3, -0.25) is 0 Å². The van der Waals surface area contributed by atoms with Crippen LogP contribution in [0.4, 0.5) is 0 Å². The minimum absolute atomic E-state index is 0.579. The Labute approximate surface area is 258 Å². The van der Waals surface area contributed by atoms with Crippen LogP contribution in [0.25, 0.3) is 89.0 Å². The molecule has 0 spiro atoms. The van der Waals surface area contributed by atoms with Crippen molar-refractivity contribution in [3.63, 3.8) is 0 Å². The molecule has 3 heterocycles. The van der Waals surface area contributed by atoms with Gasteiger partial charge in [0, 0.05) is 33.0 Å². The molecule has 45 heavy (non-hydrogen) atoms. The summed E-state index contributed by atoms with van der Waals surface area (Å²) in [5.41, 5.74) is 5.94. The van der Waals surface area contributed by atoms with Gasteiger partial charge in [0.25, 0.3) is 0 Å². The standard InChI is InChI=1S/C40H24N4O/c1-2-11-27(12-3-1)37-42-38(31-20-18-26-10-5-7-14-29(26)24-31)44-39(43-37)32-15-8-16-35-36(32)33-21-22-34(41-40(33)45-35)30-19-17-25-9-4-6-13-28(25)23-30/h1-24H. The normalized spacial score (nSPS) is 11.6. The zero-order valence-corrected chi connectivity index (χ0v) is 24.1. The van der Waals surface area contributed by atoms with Crippen molar-refractivity contribution in [1.29, 1.82) is 0 Å². The molecule has 0 aliphatic heterocycles. The lowest BCUT2D eigenvalue weighted by molar-refractivity contribution is 0.654. The maximum absolute atomic E-state index is 6.36. The zero-order valence-electron chi connectivity index (χ0n) is 24.1. The molecule has 0 saturated carbocycles. The second-order valence-corrected chi connectivity index (χ2v) is 11.1. The van der Waals surface area contributed by atoms with Crippen LogP contribution in [0.1, 0.15) is 0 Å². The average molecular weight is 577 g/mol. The highest BCUT2D eigenvalue weighted by atomic mass is 16.3. The summed E-state index contributed by atoms with van der Waals surface area (Å²) < 4.78 is 6.36. The Bertz CT molecular complexity index is 2550. The number of hydrogen-bond acceptors (Lipinski definition) is 5. The molecule has 0 bridgehead atoms. The molecular weight excluding hydrogens is 552 g/mol. The molecule has 0 aliphatic carbocycles. The van der Waals surface area contributed by atoms with Crippen LogP contribution < -0.4 is 0 Å². The second kappa shape index (κ2) is 10.2. The minimum atomic E-state index is 0.579. The first kappa shape index (κ1) is 25.3. The van der Waals surface area contributed by atoms with Crippen LogP contribution in [-0.4, -0.2) is 19.9 Å². The number of furan rings is 1. The monoisotopic (exact) mass is 576 g/mol. The van der Waals surface area contributed by atoms with Crippen molar-refractivity contribution in [2.24, 2.45) is 0 Å². The van der Waals surface area contributed by atoms with Crippen molar-refractivity contribution < 1.29 is 4.42 Å². The van der Waals surface area contributed by atoms with Crippen LogP contribution in [-0.2, 0) is 0 Å². The lowest BCUT2D eigenvalue weighted by Gasteiger charge is -2.10. The summed E-state index contributed by atoms with van der Waals surface area (Å²) >= 11 is 0. The van der Waals surface area contributed by atoms with Crippen molar-refractivity contribution in [3.8, 4) is 45.4 Å². The highest BCUT2D eigenvalue weighted by Gasteiger charge is 2.19. The van der Waals surface area contributed by atoms with Gasteiger partial charge in [-0.25, -0.2) is 19.9 Å². The molecule has 3 aromatic heterocycles. The van der Waals surface area contributed by atoms with Crippen LogP contribution in [0.2, 0.25) is 0 Å². The molecule has 0 amide bonds. The number of hydrogen-bond donors (Lipinski definition) is 0. The SMILES string of the molecule is c1ccc(-c2nc(-c3ccc4ccccc4c3)nc(-c3cccc4oc5nc(-c6ccc7ccccc7c6)ccc5c34)n2)cc1. The van der Waals surface area contributed by atoms with Gasteiger partial charge in [-0.15, -0.1) is 0 Å². The molecule has 0 N–H and O–H groups in total. The summed E-state index contributed by atoms with van der Waals surface area (Å²) in [6.45, 7) is 0. The van der Waals surface area contributed by atoms with E-state index in [1.54, 1.807) is 0 Å². The Kier molecular flexibility index (Phi) is 5.74. The fraction of sp³-hybridized carbons (Fsp3) is 0. The Morgan fingerprint density at radius 3 is 1.78 bits per heavy atom. The quantitative estimate of drug-likeness (QED) is 0.209. The van der Waals surface area contributed by atoms with Crippen molar-refractivity contribution in [1.82, 2.24) is 19.9 Å². The van der Waals surface area contributed by atoms with E-state index in [0.717, 1.165) is 49.7 Å². The van der Waals surface area contributed by atoms with E-state index in [4.69, 9.17) is 24.4 Å². The summed E-state index contributed by atoms with van der Waals surface area (Å²) in [5.74, 6) is 1.82. The minimum Gasteiger partial charge on any atom is -0.438 e. The van der Waals surface area contributed by atoms with Gasteiger partial charge in [0.2, 0.25) is 5.71 Å². The van der Waals surface area contributed by atoms with Crippen LogP contribution in [0.5, 0.6) is 0 Å². The third-order valence-corrected chi connectivity index (χ3v) is 8.32. The van der Waals surface area contributed by atoms with Crippen LogP contribution >= 0.6 is 0 Å². The van der Waals surface area contributed by atoms with Gasteiger partial charge >= 0.3 is 0 Å². The molecule has 5 heteroatoms. The molecule has 0 unspecified atom stereocenters. The average Bonchev–Trinajstić information content (AvgIpc) is 3.49. The van der Waals surface area contributed by atoms with Gasteiger partial charge in [0.15, 0.2) is 17.5 Å². The van der Waals surface area contributed by atoms with Gasteiger partial charge < -0.3 is 4.42 Å². The lowest BCUT2D eigenvalue weighted by Crippen LogP contribution is -2.00. The van der Waals surface area contributed by atoms with Gasteiger partial charge in [0.1, 0.15) is 5.58 Å². The Morgan fingerprint density at radius 1 is 0.400 bits per heavy atom. The van der Waals surface area contributed by atoms with Crippen molar-refractivity contribution >= 4 is 43.6 Å². The van der Waals surface area contributed by atoms with E-state index >= 15 is 0 Å². The first-order valence-corrected chi connectivity index (χ1v) is 14.9. The number of fused-ring (bicyclic) bond motifs is 5. The molecule has 0 aliphatic rings. The van der Waals surface area contributed by atoms with E-state index in [1.165, 1.54) is 16.2 Å². The van der Waals surface area contributed by atoms with Gasteiger partial charge in [-0.05, 0) is 51.9 Å². The maximum Gasteiger partial charge on any atom is 0.227 e. The van der Waals surface area contributed by atoms with E-state index in [-0.39, 0.29) is 0 Å². The van der Waals surface area contributed by atoms with Gasteiger partial charge in [0.05, 0.1) is 5.69 Å². The van der Waals surface area contributed by atoms with E-state index < -0.39 is 0 Å². The largest absolute Gasteiger partial charge is 0.438 e. The molecule has 0 radical (unpaired) electrons. The van der Waals surface area contributed by atoms with Crippen molar-refractivity contribution in [2.45, 2.75) is 0 Å². The summed E-state index contributed by atoms with van der Waals surface area (Å²) in [5, 5.41) is 6.53. The number of rotatable bonds is 4. The predicted molar refractivity (Wildman–Crippen MR) is 182 cm³/mol. The summed E-state index contributed by atoms with van der Waals surface area (Å²) in [6, 6.07) is 49.6. The van der Waals surface area contributed by atoms with E-state index in [0.29, 0.717) is 23.2 Å². The summed E-state index contributed by atoms with van der Waals surface area (Å²) in [7, 11) is 0. The van der Waals surface area contributed by atoms with Crippen molar-refractivity contribution in [3.05, 3.63) is 146 Å². The highest BCUT2D eigenvalue weighted by Crippen LogP contribution is 2.37. The number of nitrogens with zero attached hydrogens (tertiary/aromatic N) is 4. The summed E-state index contributed by atoms with van der Waals surface area (Å²) in [4.78, 5) is 20.0. The molecular formula is C40H24N4O. The predicted octanol–water partition coefficient (Wildman–Crippen LogP) is 10.1. The lowest BCUT2D eigenvalue weighted by atomic mass is 10.0. The second-order valence-electron chi connectivity index (χ2n) is 11.1. The van der Waals surface area contributed by atoms with E-state index in [1.807, 2.05) is 60.7 Å². The molecule has 0 saturated heterocycles. The zero-order chi connectivity index (χ0) is 29.7. The van der Waals surface area contributed by atoms with Gasteiger partial charge in [-0.1, -0.05) is 115 Å². The number of aromatic nitrogens is 4. The van der Waals surface area contributed by atoms with Gasteiger partial charge in [-0.2, -0.15) is 0 Å². The Morgan fingerprint density at radius 2 is 1.02 bits per heavy atom. The van der Waals surface area contributed by atoms with Crippen molar-refractivity contribution in [2.75, 3.05) is 0 Å². The molecule has 5 nitrogen and oxygen atoms in total. The van der Waals surface area contributed by atoms with E-state index in [9.17, 15) is 0 Å². The molecule has 210 valence electrons. The maximum atomic E-state index is 6.36. The number of benzene rings is 6. The highest BCUT2D eigenvalue weighted by molar-refractivity contribution is 6.11. The fourth-order valence-corrected chi connectivity index (χ4v) is 6.07. The molecule has 9 aromatic rings. The molecule has 0 fully saturated rings. The Balaban J connectivity index is 1.23. The van der Waals surface area contributed by atoms with E-state index in [2.05, 4.69) is 84.9 Å². The third kappa shape index (κ3) is 4.41. The van der Waals surface area contributed by atoms with Crippen LogP contribution in [0.3, 0.4) is 0 Å². The van der Waals surface area contributed by atoms with Crippen LogP contribution in [0.15, 0.2) is 150 Å². The fourth-order valence-electron chi connectivity index (χ4n) is 6.07. The summed E-state index contributed by atoms with van der Waals surface area (Å²) in [6.07, 6.45) is 0. The molecule has 6 aromatic carbocycles. The topological polar surface area (TPSA) is 64.7 Å². The first-order chi connectivity index (χ1) is 22.3. The molecule has 9 rings (SSSR count). The third-order valence-electron chi connectivity index (χ3n) is 8.32.